The molecule has 1 unspecified atom stereocenters. The van der Waals surface area contributed by atoms with Crippen LogP contribution in [0.5, 0.6) is 5.75 Å². The van der Waals surface area contributed by atoms with E-state index in [1.54, 1.807) is 6.07 Å². The Kier molecular flexibility index (Phi) is 3.11. The molecule has 2 aromatic rings. The molecule has 0 saturated carbocycles. The van der Waals surface area contributed by atoms with Gasteiger partial charge in [-0.05, 0) is 32.0 Å². The van der Waals surface area contributed by atoms with Gasteiger partial charge in [0.1, 0.15) is 17.6 Å². The van der Waals surface area contributed by atoms with Gasteiger partial charge < -0.3 is 14.5 Å². The Morgan fingerprint density at radius 2 is 2.00 bits per heavy atom. The highest BCUT2D eigenvalue weighted by Gasteiger charge is 2.26. The predicted molar refractivity (Wildman–Crippen MR) is 76.5 cm³/mol. The third-order valence-electron chi connectivity index (χ3n) is 3.17. The van der Waals surface area contributed by atoms with Crippen LogP contribution in [0.25, 0.3) is 0 Å². The van der Waals surface area contributed by atoms with E-state index in [2.05, 4.69) is 5.32 Å². The lowest BCUT2D eigenvalue weighted by atomic mass is 10.1. The average Bonchev–Trinajstić information content (AvgIpc) is 2.68. The minimum atomic E-state index is -0.108. The fourth-order valence-corrected chi connectivity index (χ4v) is 2.88. The van der Waals surface area contributed by atoms with Crippen molar-refractivity contribution in [2.75, 3.05) is 11.9 Å². The van der Waals surface area contributed by atoms with Crippen molar-refractivity contribution in [1.29, 1.82) is 0 Å². The first-order chi connectivity index (χ1) is 9.04. The fraction of sp³-hybridized carbons (Fsp3) is 0.286. The van der Waals surface area contributed by atoms with Gasteiger partial charge in [0.25, 0.3) is 0 Å². The SMILES string of the molecule is Cc1cc(C2CNc3cc(Cl)cc(Cl)c3O2)c(C)o1. The van der Waals surface area contributed by atoms with Crippen LogP contribution in [-0.4, -0.2) is 6.54 Å². The molecule has 5 heteroatoms. The molecule has 0 radical (unpaired) electrons. The monoisotopic (exact) mass is 297 g/mol. The zero-order valence-corrected chi connectivity index (χ0v) is 12.1. The Hall–Kier alpha value is -1.32. The lowest BCUT2D eigenvalue weighted by Crippen LogP contribution is -2.24. The second kappa shape index (κ2) is 4.66. The van der Waals surface area contributed by atoms with Crippen LogP contribution in [0.1, 0.15) is 23.2 Å². The van der Waals surface area contributed by atoms with Gasteiger partial charge in [0, 0.05) is 10.6 Å². The maximum Gasteiger partial charge on any atom is 0.162 e. The van der Waals surface area contributed by atoms with Gasteiger partial charge in [-0.2, -0.15) is 0 Å². The third-order valence-corrected chi connectivity index (χ3v) is 3.67. The third kappa shape index (κ3) is 2.28. The van der Waals surface area contributed by atoms with Gasteiger partial charge >= 0.3 is 0 Å². The first-order valence-corrected chi connectivity index (χ1v) is 6.76. The number of fused-ring (bicyclic) bond motifs is 1. The van der Waals surface area contributed by atoms with Gasteiger partial charge in [0.05, 0.1) is 17.3 Å². The summed E-state index contributed by atoms with van der Waals surface area (Å²) in [7, 11) is 0. The molecule has 1 aliphatic rings. The Balaban J connectivity index is 1.96. The zero-order valence-electron chi connectivity index (χ0n) is 10.6. The van der Waals surface area contributed by atoms with Crippen molar-refractivity contribution in [1.82, 2.24) is 0 Å². The fourth-order valence-electron chi connectivity index (χ4n) is 2.34. The molecule has 0 spiro atoms. The van der Waals surface area contributed by atoms with Gasteiger partial charge in [-0.15, -0.1) is 0 Å². The zero-order chi connectivity index (χ0) is 13.6. The van der Waals surface area contributed by atoms with Crippen molar-refractivity contribution in [2.24, 2.45) is 0 Å². The van der Waals surface area contributed by atoms with Crippen molar-refractivity contribution in [3.05, 3.63) is 45.3 Å². The van der Waals surface area contributed by atoms with Crippen LogP contribution in [0.3, 0.4) is 0 Å². The quantitative estimate of drug-likeness (QED) is 0.825. The Morgan fingerprint density at radius 1 is 1.21 bits per heavy atom. The van der Waals surface area contributed by atoms with E-state index in [4.69, 9.17) is 32.4 Å². The summed E-state index contributed by atoms with van der Waals surface area (Å²) in [4.78, 5) is 0. The number of furan rings is 1. The maximum atomic E-state index is 6.17. The summed E-state index contributed by atoms with van der Waals surface area (Å²) in [6, 6.07) is 5.49. The summed E-state index contributed by atoms with van der Waals surface area (Å²) in [5.41, 5.74) is 1.87. The minimum absolute atomic E-state index is 0.108. The van der Waals surface area contributed by atoms with Gasteiger partial charge in [-0.1, -0.05) is 23.2 Å². The standard InChI is InChI=1S/C14H13Cl2NO2/c1-7-3-10(8(2)18-7)13-6-17-12-5-9(15)4-11(16)14(12)19-13/h3-5,13,17H,6H2,1-2H3. The first kappa shape index (κ1) is 12.7. The van der Waals surface area contributed by atoms with E-state index >= 15 is 0 Å². The molecule has 1 aliphatic heterocycles. The highest BCUT2D eigenvalue weighted by atomic mass is 35.5. The summed E-state index contributed by atoms with van der Waals surface area (Å²) >= 11 is 12.1. The Labute approximate surface area is 121 Å². The van der Waals surface area contributed by atoms with E-state index in [1.165, 1.54) is 0 Å². The Morgan fingerprint density at radius 3 is 2.68 bits per heavy atom. The van der Waals surface area contributed by atoms with E-state index in [1.807, 2.05) is 26.0 Å². The number of nitrogens with one attached hydrogen (secondary N) is 1. The molecule has 0 aliphatic carbocycles. The van der Waals surface area contributed by atoms with Crippen molar-refractivity contribution < 1.29 is 9.15 Å². The molecule has 0 amide bonds. The minimum Gasteiger partial charge on any atom is -0.480 e. The second-order valence-corrected chi connectivity index (χ2v) is 5.46. The molecule has 19 heavy (non-hydrogen) atoms. The van der Waals surface area contributed by atoms with E-state index in [-0.39, 0.29) is 6.10 Å². The number of anilines is 1. The molecular formula is C14H13Cl2NO2. The smallest absolute Gasteiger partial charge is 0.162 e. The molecule has 1 N–H and O–H groups in total. The number of hydrogen-bond acceptors (Lipinski definition) is 3. The van der Waals surface area contributed by atoms with Gasteiger partial charge in [-0.3, -0.25) is 0 Å². The van der Waals surface area contributed by atoms with E-state index < -0.39 is 0 Å². The number of rotatable bonds is 1. The largest absolute Gasteiger partial charge is 0.480 e. The number of hydrogen-bond donors (Lipinski definition) is 1. The van der Waals surface area contributed by atoms with Crippen molar-refractivity contribution in [3.8, 4) is 5.75 Å². The molecule has 3 nitrogen and oxygen atoms in total. The molecular weight excluding hydrogens is 285 g/mol. The van der Waals surface area contributed by atoms with Crippen LogP contribution in [-0.2, 0) is 0 Å². The molecule has 2 heterocycles. The second-order valence-electron chi connectivity index (χ2n) is 4.62. The first-order valence-electron chi connectivity index (χ1n) is 6.01. The van der Waals surface area contributed by atoms with Crippen LogP contribution < -0.4 is 10.1 Å². The highest BCUT2D eigenvalue weighted by molar-refractivity contribution is 6.36. The normalized spacial score (nSPS) is 17.6. The highest BCUT2D eigenvalue weighted by Crippen LogP contribution is 2.42. The molecule has 1 aromatic heterocycles. The topological polar surface area (TPSA) is 34.4 Å². The van der Waals surface area contributed by atoms with Gasteiger partial charge in [0.15, 0.2) is 5.75 Å². The molecule has 0 saturated heterocycles. The molecule has 1 atom stereocenters. The van der Waals surface area contributed by atoms with E-state index in [0.29, 0.717) is 22.3 Å². The summed E-state index contributed by atoms with van der Waals surface area (Å²) < 4.78 is 11.5. The van der Waals surface area contributed by atoms with Gasteiger partial charge in [-0.25, -0.2) is 0 Å². The van der Waals surface area contributed by atoms with E-state index in [0.717, 1.165) is 22.8 Å². The summed E-state index contributed by atoms with van der Waals surface area (Å²) in [5.74, 6) is 2.39. The predicted octanol–water partition coefficient (Wildman–Crippen LogP) is 4.75. The number of benzene rings is 1. The molecule has 100 valence electrons. The van der Waals surface area contributed by atoms with Crippen LogP contribution in [0, 0.1) is 13.8 Å². The number of halogens is 2. The van der Waals surface area contributed by atoms with Gasteiger partial charge in [0.2, 0.25) is 0 Å². The summed E-state index contributed by atoms with van der Waals surface area (Å²) in [6.45, 7) is 4.52. The lowest BCUT2D eigenvalue weighted by molar-refractivity contribution is 0.208. The van der Waals surface area contributed by atoms with Crippen LogP contribution >= 0.6 is 23.2 Å². The molecule has 3 rings (SSSR count). The van der Waals surface area contributed by atoms with Crippen molar-refractivity contribution >= 4 is 28.9 Å². The molecule has 0 fully saturated rings. The Bertz CT molecular complexity index is 637. The lowest BCUT2D eigenvalue weighted by Gasteiger charge is -2.28. The average molecular weight is 298 g/mol. The number of ether oxygens (including phenoxy) is 1. The van der Waals surface area contributed by atoms with E-state index in [9.17, 15) is 0 Å². The van der Waals surface area contributed by atoms with Crippen LogP contribution in [0.4, 0.5) is 5.69 Å². The van der Waals surface area contributed by atoms with Crippen molar-refractivity contribution in [2.45, 2.75) is 20.0 Å². The summed E-state index contributed by atoms with van der Waals surface area (Å²) in [5, 5.41) is 4.40. The van der Waals surface area contributed by atoms with Crippen molar-refractivity contribution in [3.63, 3.8) is 0 Å². The summed E-state index contributed by atoms with van der Waals surface area (Å²) in [6.07, 6.45) is -0.108. The molecule has 1 aromatic carbocycles. The molecule has 0 bridgehead atoms. The van der Waals surface area contributed by atoms with Crippen LogP contribution in [0.2, 0.25) is 10.0 Å². The number of aryl methyl sites for hydroxylation is 2. The maximum absolute atomic E-state index is 6.17. The van der Waals surface area contributed by atoms with Crippen LogP contribution in [0.15, 0.2) is 22.6 Å².